The number of nitrogens with one attached hydrogen (secondary N) is 1. The number of nitrogens with zero attached hydrogens (tertiary/aromatic N) is 1. The highest BCUT2D eigenvalue weighted by Gasteiger charge is 2.23. The third kappa shape index (κ3) is 6.66. The molecule has 0 aliphatic carbocycles. The van der Waals surface area contributed by atoms with Crippen molar-refractivity contribution in [3.63, 3.8) is 0 Å². The number of carboxylic acid groups (broad SMARTS) is 1. The molecule has 4 rings (SSSR count). The van der Waals surface area contributed by atoms with Crippen LogP contribution in [0.1, 0.15) is 37.6 Å². The molecule has 0 aliphatic heterocycles. The first-order chi connectivity index (χ1) is 18.5. The van der Waals surface area contributed by atoms with Gasteiger partial charge in [0.05, 0.1) is 20.1 Å². The predicted octanol–water partition coefficient (Wildman–Crippen LogP) is 5.47. The van der Waals surface area contributed by atoms with E-state index in [9.17, 15) is 19.5 Å². The molecule has 8 heteroatoms. The van der Waals surface area contributed by atoms with Gasteiger partial charge >= 0.3 is 5.97 Å². The van der Waals surface area contributed by atoms with Crippen LogP contribution in [0.4, 0.5) is 0 Å². The predicted molar refractivity (Wildman–Crippen MR) is 147 cm³/mol. The zero-order valence-corrected chi connectivity index (χ0v) is 21.7. The van der Waals surface area contributed by atoms with Crippen LogP contribution in [-0.2, 0) is 17.9 Å². The Balaban J connectivity index is 1.64. The Kier molecular flexibility index (Phi) is 8.89. The Labute approximate surface area is 225 Å². The lowest BCUT2D eigenvalue weighted by molar-refractivity contribution is -0.137. The topological polar surface area (TPSA) is 95.9 Å². The fourth-order valence-electron chi connectivity index (χ4n) is 4.10. The number of carbonyl (C=O) groups excluding carboxylic acids is 2. The second kappa shape index (κ2) is 12.7. The van der Waals surface area contributed by atoms with Crippen LogP contribution in [-0.4, -0.2) is 41.4 Å². The molecule has 194 valence electrons. The number of ether oxygens (including phenoxy) is 1. The zero-order valence-electron chi connectivity index (χ0n) is 20.9. The van der Waals surface area contributed by atoms with E-state index in [4.69, 9.17) is 4.74 Å². The van der Waals surface area contributed by atoms with Crippen molar-refractivity contribution in [3.05, 3.63) is 112 Å². The molecule has 0 aliphatic rings. The van der Waals surface area contributed by atoms with E-state index in [1.54, 1.807) is 60.9 Å². The molecule has 0 bridgehead atoms. The number of methoxy groups -OCH3 is 1. The monoisotopic (exact) mass is 528 g/mol. The van der Waals surface area contributed by atoms with Crippen molar-refractivity contribution in [3.8, 4) is 16.9 Å². The maximum Gasteiger partial charge on any atom is 0.305 e. The number of thiophene rings is 1. The molecular weight excluding hydrogens is 500 g/mol. The summed E-state index contributed by atoms with van der Waals surface area (Å²) in [6.07, 6.45) is -0.189. The number of hydrogen-bond donors (Lipinski definition) is 2. The van der Waals surface area contributed by atoms with Gasteiger partial charge in [0, 0.05) is 29.1 Å². The number of amides is 2. The van der Waals surface area contributed by atoms with Crippen molar-refractivity contribution in [2.24, 2.45) is 0 Å². The minimum atomic E-state index is -0.987. The Morgan fingerprint density at radius 3 is 2.16 bits per heavy atom. The van der Waals surface area contributed by atoms with Crippen LogP contribution in [0.25, 0.3) is 11.1 Å². The van der Waals surface area contributed by atoms with Crippen LogP contribution < -0.4 is 10.1 Å². The molecule has 0 saturated heterocycles. The normalized spacial score (nSPS) is 10.6. The highest BCUT2D eigenvalue weighted by atomic mass is 32.1. The summed E-state index contributed by atoms with van der Waals surface area (Å²) in [5.41, 5.74) is 2.93. The lowest BCUT2D eigenvalue weighted by atomic mass is 9.94. The molecule has 38 heavy (non-hydrogen) atoms. The van der Waals surface area contributed by atoms with E-state index in [0.717, 1.165) is 10.4 Å². The second-order valence-electron chi connectivity index (χ2n) is 8.57. The van der Waals surface area contributed by atoms with Gasteiger partial charge in [-0.15, -0.1) is 11.3 Å². The van der Waals surface area contributed by atoms with Crippen molar-refractivity contribution in [2.45, 2.75) is 19.5 Å². The van der Waals surface area contributed by atoms with Gasteiger partial charge in [0.15, 0.2) is 0 Å². The van der Waals surface area contributed by atoms with Gasteiger partial charge in [0.2, 0.25) is 0 Å². The molecular formula is C30H28N2O5S. The molecule has 0 radical (unpaired) electrons. The van der Waals surface area contributed by atoms with Crippen molar-refractivity contribution >= 4 is 29.1 Å². The average molecular weight is 529 g/mol. The number of carboxylic acids is 1. The SMILES string of the molecule is COc1ccc(CN(CCC(=O)O)C(=O)c2ccccc2-c2ccccc2C(=O)NCc2cccs2)cc1. The third-order valence-corrected chi connectivity index (χ3v) is 6.91. The smallest absolute Gasteiger partial charge is 0.305 e. The molecule has 2 N–H and O–H groups in total. The zero-order chi connectivity index (χ0) is 26.9. The summed E-state index contributed by atoms with van der Waals surface area (Å²) in [5.74, 6) is -0.848. The number of carbonyl (C=O) groups is 3. The number of benzene rings is 3. The number of rotatable bonds is 11. The lowest BCUT2D eigenvalue weighted by Gasteiger charge is -2.24. The summed E-state index contributed by atoms with van der Waals surface area (Å²) >= 11 is 1.57. The van der Waals surface area contributed by atoms with Crippen LogP contribution in [0.3, 0.4) is 0 Å². The van der Waals surface area contributed by atoms with Gasteiger partial charge in [-0.2, -0.15) is 0 Å². The summed E-state index contributed by atoms with van der Waals surface area (Å²) in [7, 11) is 1.58. The minimum Gasteiger partial charge on any atom is -0.497 e. The quantitative estimate of drug-likeness (QED) is 0.269. The van der Waals surface area contributed by atoms with E-state index in [-0.39, 0.29) is 31.3 Å². The van der Waals surface area contributed by atoms with Gasteiger partial charge in [-0.25, -0.2) is 0 Å². The van der Waals surface area contributed by atoms with E-state index in [2.05, 4.69) is 5.32 Å². The van der Waals surface area contributed by atoms with E-state index in [1.807, 2.05) is 47.8 Å². The van der Waals surface area contributed by atoms with Crippen LogP contribution in [0.2, 0.25) is 0 Å². The molecule has 7 nitrogen and oxygen atoms in total. The lowest BCUT2D eigenvalue weighted by Crippen LogP contribution is -2.33. The van der Waals surface area contributed by atoms with Crippen LogP contribution >= 0.6 is 11.3 Å². The van der Waals surface area contributed by atoms with Crippen molar-refractivity contribution in [1.29, 1.82) is 0 Å². The van der Waals surface area contributed by atoms with E-state index in [1.165, 1.54) is 4.90 Å². The summed E-state index contributed by atoms with van der Waals surface area (Å²) in [6.45, 7) is 0.682. The summed E-state index contributed by atoms with van der Waals surface area (Å²) in [4.78, 5) is 40.9. The summed E-state index contributed by atoms with van der Waals surface area (Å²) < 4.78 is 5.21. The summed E-state index contributed by atoms with van der Waals surface area (Å²) in [5, 5.41) is 14.2. The van der Waals surface area contributed by atoms with Gasteiger partial charge < -0.3 is 20.1 Å². The first-order valence-electron chi connectivity index (χ1n) is 12.1. The fraction of sp³-hybridized carbons (Fsp3) is 0.167. The third-order valence-electron chi connectivity index (χ3n) is 6.04. The Bertz CT molecular complexity index is 1400. The van der Waals surface area contributed by atoms with Crippen LogP contribution in [0, 0.1) is 0 Å². The molecule has 0 atom stereocenters. The fourth-order valence-corrected chi connectivity index (χ4v) is 4.75. The number of hydrogen-bond acceptors (Lipinski definition) is 5. The summed E-state index contributed by atoms with van der Waals surface area (Å²) in [6, 6.07) is 25.4. The van der Waals surface area contributed by atoms with Crippen LogP contribution in [0.5, 0.6) is 5.75 Å². The molecule has 0 unspecified atom stereocenters. The highest BCUT2D eigenvalue weighted by molar-refractivity contribution is 7.09. The molecule has 4 aromatic rings. The van der Waals surface area contributed by atoms with E-state index in [0.29, 0.717) is 34.5 Å². The highest BCUT2D eigenvalue weighted by Crippen LogP contribution is 2.29. The Morgan fingerprint density at radius 2 is 1.53 bits per heavy atom. The van der Waals surface area contributed by atoms with E-state index >= 15 is 0 Å². The number of aliphatic carboxylic acids is 1. The molecule has 0 spiro atoms. The van der Waals surface area contributed by atoms with Gasteiger partial charge in [-0.1, -0.05) is 54.6 Å². The first kappa shape index (κ1) is 26.6. The molecule has 3 aromatic carbocycles. The minimum absolute atomic E-state index is 0.0392. The van der Waals surface area contributed by atoms with Crippen molar-refractivity contribution < 1.29 is 24.2 Å². The van der Waals surface area contributed by atoms with Crippen LogP contribution in [0.15, 0.2) is 90.3 Å². The Morgan fingerprint density at radius 1 is 0.868 bits per heavy atom. The average Bonchev–Trinajstić information content (AvgIpc) is 3.47. The standard InChI is InChI=1S/C30H28N2O5S/c1-37-22-14-12-21(13-15-22)20-32(17-16-28(33)34)30(36)27-11-5-3-9-25(27)24-8-2-4-10-26(24)29(35)31-19-23-7-6-18-38-23/h2-15,18H,16-17,19-20H2,1H3,(H,31,35)(H,33,34). The van der Waals surface area contributed by atoms with Gasteiger partial charge in [-0.05, 0) is 52.4 Å². The van der Waals surface area contributed by atoms with Gasteiger partial charge in [-0.3, -0.25) is 14.4 Å². The first-order valence-corrected chi connectivity index (χ1v) is 13.0. The van der Waals surface area contributed by atoms with Crippen molar-refractivity contribution in [2.75, 3.05) is 13.7 Å². The molecule has 1 aromatic heterocycles. The largest absolute Gasteiger partial charge is 0.497 e. The van der Waals surface area contributed by atoms with E-state index < -0.39 is 5.97 Å². The molecule has 0 saturated carbocycles. The van der Waals surface area contributed by atoms with Crippen molar-refractivity contribution in [1.82, 2.24) is 10.2 Å². The maximum atomic E-state index is 13.9. The molecule has 2 amide bonds. The van der Waals surface area contributed by atoms with Gasteiger partial charge in [0.1, 0.15) is 5.75 Å². The maximum absolute atomic E-state index is 13.9. The Hall–Kier alpha value is -4.43. The van der Waals surface area contributed by atoms with Gasteiger partial charge in [0.25, 0.3) is 11.8 Å². The second-order valence-corrected chi connectivity index (χ2v) is 9.60. The molecule has 1 heterocycles. The molecule has 0 fully saturated rings.